The van der Waals surface area contributed by atoms with E-state index in [9.17, 15) is 0 Å². The van der Waals surface area contributed by atoms with E-state index in [0.717, 1.165) is 11.8 Å². The zero-order chi connectivity index (χ0) is 11.6. The van der Waals surface area contributed by atoms with E-state index >= 15 is 0 Å². The van der Waals surface area contributed by atoms with E-state index < -0.39 is 0 Å². The third kappa shape index (κ3) is 2.48. The summed E-state index contributed by atoms with van der Waals surface area (Å²) in [5.74, 6) is 1.64. The Hall–Kier alpha value is -0.780. The van der Waals surface area contributed by atoms with Gasteiger partial charge in [-0.05, 0) is 35.7 Å². The number of benzene rings is 1. The normalized spacial score (nSPS) is 26.7. The van der Waals surface area contributed by atoms with Gasteiger partial charge in [0.05, 0.1) is 0 Å². The Labute approximate surface area is 100 Å². The lowest BCUT2D eigenvalue weighted by molar-refractivity contribution is 0.151. The average Bonchev–Trinajstić information content (AvgIpc) is 2.29. The molecular weight excluding hydrogens is 192 g/mol. The second-order valence-electron chi connectivity index (χ2n) is 6.27. The summed E-state index contributed by atoms with van der Waals surface area (Å²) in [6.07, 6.45) is 5.62. The van der Waals surface area contributed by atoms with Crippen LogP contribution in [0, 0.1) is 11.3 Å². The zero-order valence-electron chi connectivity index (χ0n) is 10.9. The predicted octanol–water partition coefficient (Wildman–Crippen LogP) is 5.01. The monoisotopic (exact) mass is 216 g/mol. The fourth-order valence-electron chi connectivity index (χ4n) is 3.27. The molecule has 1 aromatic rings. The summed E-state index contributed by atoms with van der Waals surface area (Å²) >= 11 is 0. The van der Waals surface area contributed by atoms with E-state index in [0.29, 0.717) is 5.41 Å². The minimum atomic E-state index is 0.445. The van der Waals surface area contributed by atoms with E-state index in [1.54, 1.807) is 5.56 Å². The molecule has 0 amide bonds. The van der Waals surface area contributed by atoms with Crippen LogP contribution in [-0.2, 0) is 0 Å². The second kappa shape index (κ2) is 4.61. The van der Waals surface area contributed by atoms with Gasteiger partial charge in [-0.3, -0.25) is 0 Å². The molecule has 2 rings (SSSR count). The molecule has 0 spiro atoms. The maximum atomic E-state index is 2.40. The lowest BCUT2D eigenvalue weighted by Gasteiger charge is -2.40. The fourth-order valence-corrected chi connectivity index (χ4v) is 3.27. The van der Waals surface area contributed by atoms with Gasteiger partial charge in [0.25, 0.3) is 0 Å². The molecule has 0 aliphatic heterocycles. The highest BCUT2D eigenvalue weighted by Crippen LogP contribution is 2.46. The van der Waals surface area contributed by atoms with Gasteiger partial charge in [-0.1, -0.05) is 63.9 Å². The minimum absolute atomic E-state index is 0.445. The van der Waals surface area contributed by atoms with Crippen LogP contribution in [0.1, 0.15) is 57.9 Å². The van der Waals surface area contributed by atoms with Crippen LogP contribution >= 0.6 is 0 Å². The third-order valence-electron chi connectivity index (χ3n) is 4.11. The molecule has 0 nitrogen and oxygen atoms in total. The molecule has 0 radical (unpaired) electrons. The van der Waals surface area contributed by atoms with Crippen molar-refractivity contribution in [2.24, 2.45) is 11.3 Å². The first-order valence-corrected chi connectivity index (χ1v) is 6.64. The van der Waals surface area contributed by atoms with Crippen LogP contribution in [0.2, 0.25) is 0 Å². The van der Waals surface area contributed by atoms with Gasteiger partial charge < -0.3 is 0 Å². The van der Waals surface area contributed by atoms with Crippen LogP contribution in [0.5, 0.6) is 0 Å². The summed E-state index contributed by atoms with van der Waals surface area (Å²) in [5.41, 5.74) is 2.00. The van der Waals surface area contributed by atoms with Crippen LogP contribution in [0.15, 0.2) is 30.3 Å². The van der Waals surface area contributed by atoms with Crippen LogP contribution in [-0.4, -0.2) is 0 Å². The molecule has 0 aromatic heterocycles. The quantitative estimate of drug-likeness (QED) is 0.619. The molecule has 1 unspecified atom stereocenters. The van der Waals surface area contributed by atoms with E-state index in [4.69, 9.17) is 0 Å². The summed E-state index contributed by atoms with van der Waals surface area (Å²) in [7, 11) is 0. The van der Waals surface area contributed by atoms with Gasteiger partial charge >= 0.3 is 0 Å². The van der Waals surface area contributed by atoms with E-state index in [-0.39, 0.29) is 0 Å². The van der Waals surface area contributed by atoms with Crippen molar-refractivity contribution in [2.75, 3.05) is 0 Å². The van der Waals surface area contributed by atoms with Gasteiger partial charge in [-0.15, -0.1) is 0 Å². The lowest BCUT2D eigenvalue weighted by Crippen LogP contribution is -2.29. The fraction of sp³-hybridized carbons (Fsp3) is 0.625. The first kappa shape index (κ1) is 11.7. The topological polar surface area (TPSA) is 0 Å². The Morgan fingerprint density at radius 2 is 1.56 bits per heavy atom. The summed E-state index contributed by atoms with van der Waals surface area (Å²) in [5, 5.41) is 0. The zero-order valence-corrected chi connectivity index (χ0v) is 10.9. The molecule has 1 fully saturated rings. The Balaban J connectivity index is 2.24. The summed E-state index contributed by atoms with van der Waals surface area (Å²) in [6, 6.07) is 11.1. The smallest absolute Gasteiger partial charge is 0.0129 e. The van der Waals surface area contributed by atoms with Crippen LogP contribution in [0.25, 0.3) is 0 Å². The molecule has 16 heavy (non-hydrogen) atoms. The lowest BCUT2D eigenvalue weighted by atomic mass is 9.64. The Morgan fingerprint density at radius 3 is 2.19 bits per heavy atom. The van der Waals surface area contributed by atoms with Crippen molar-refractivity contribution in [3.8, 4) is 0 Å². The molecule has 1 aliphatic rings. The molecule has 0 N–H and O–H groups in total. The molecule has 0 bridgehead atoms. The highest BCUT2D eigenvalue weighted by Gasteiger charge is 2.34. The molecule has 88 valence electrons. The molecule has 1 aliphatic carbocycles. The predicted molar refractivity (Wildman–Crippen MR) is 70.6 cm³/mol. The molecule has 0 heteroatoms. The van der Waals surface area contributed by atoms with Crippen molar-refractivity contribution in [3.05, 3.63) is 35.9 Å². The maximum Gasteiger partial charge on any atom is -0.0129 e. The maximum absolute atomic E-state index is 2.40. The Kier molecular flexibility index (Phi) is 3.37. The van der Waals surface area contributed by atoms with Gasteiger partial charge in [0, 0.05) is 0 Å². The van der Waals surface area contributed by atoms with Crippen molar-refractivity contribution in [3.63, 3.8) is 0 Å². The van der Waals surface area contributed by atoms with Gasteiger partial charge in [0.15, 0.2) is 0 Å². The number of hydrogen-bond donors (Lipinski definition) is 0. The highest BCUT2D eigenvalue weighted by atomic mass is 14.4. The van der Waals surface area contributed by atoms with Gasteiger partial charge in [-0.25, -0.2) is 0 Å². The van der Waals surface area contributed by atoms with Crippen LogP contribution in [0.3, 0.4) is 0 Å². The molecule has 0 saturated heterocycles. The van der Waals surface area contributed by atoms with Crippen molar-refractivity contribution < 1.29 is 0 Å². The number of rotatable bonds is 1. The number of hydrogen-bond acceptors (Lipinski definition) is 0. The third-order valence-corrected chi connectivity index (χ3v) is 4.11. The van der Waals surface area contributed by atoms with Crippen molar-refractivity contribution in [1.82, 2.24) is 0 Å². The molecule has 1 saturated carbocycles. The summed E-state index contributed by atoms with van der Waals surface area (Å²) in [4.78, 5) is 0. The molecule has 1 aromatic carbocycles. The summed E-state index contributed by atoms with van der Waals surface area (Å²) in [6.45, 7) is 7.21. The van der Waals surface area contributed by atoms with Gasteiger partial charge in [0.2, 0.25) is 0 Å². The van der Waals surface area contributed by atoms with E-state index in [1.807, 2.05) is 0 Å². The minimum Gasteiger partial charge on any atom is -0.0622 e. The van der Waals surface area contributed by atoms with Gasteiger partial charge in [0.1, 0.15) is 0 Å². The van der Waals surface area contributed by atoms with Crippen LogP contribution in [0.4, 0.5) is 0 Å². The van der Waals surface area contributed by atoms with Crippen molar-refractivity contribution in [2.45, 2.75) is 52.4 Å². The largest absolute Gasteiger partial charge is 0.0622 e. The average molecular weight is 216 g/mol. The van der Waals surface area contributed by atoms with Crippen molar-refractivity contribution >= 4 is 0 Å². The van der Waals surface area contributed by atoms with Crippen LogP contribution < -0.4 is 0 Å². The standard InChI is InChI=1S/C16H24/c1-16(2,3)15-12-8-7-11-14(15)13-9-5-4-6-10-13/h4-6,9-10,14-15H,7-8,11-12H2,1-3H3/t14-,15?/m0/s1. The van der Waals surface area contributed by atoms with E-state index in [1.165, 1.54) is 25.7 Å². The summed E-state index contributed by atoms with van der Waals surface area (Å²) < 4.78 is 0. The Morgan fingerprint density at radius 1 is 0.938 bits per heavy atom. The molecule has 0 heterocycles. The highest BCUT2D eigenvalue weighted by molar-refractivity contribution is 5.21. The first-order valence-electron chi connectivity index (χ1n) is 6.64. The van der Waals surface area contributed by atoms with E-state index in [2.05, 4.69) is 51.1 Å². The van der Waals surface area contributed by atoms with Crippen molar-refractivity contribution in [1.29, 1.82) is 0 Å². The first-order chi connectivity index (χ1) is 7.59. The molecular formula is C16H24. The second-order valence-corrected chi connectivity index (χ2v) is 6.27. The molecule has 2 atom stereocenters. The van der Waals surface area contributed by atoms with Gasteiger partial charge in [-0.2, -0.15) is 0 Å². The Bertz CT molecular complexity index is 318. The SMILES string of the molecule is CC(C)(C)C1CCCC[C@H]1c1ccccc1.